The molecule has 0 aliphatic carbocycles. The van der Waals surface area contributed by atoms with Crippen molar-refractivity contribution in [3.63, 3.8) is 0 Å². The molecule has 7 heteroatoms. The van der Waals surface area contributed by atoms with E-state index in [-0.39, 0.29) is 11.5 Å². The van der Waals surface area contributed by atoms with Crippen molar-refractivity contribution < 1.29 is 4.79 Å². The summed E-state index contributed by atoms with van der Waals surface area (Å²) in [6.07, 6.45) is 1.69. The molecule has 28 heavy (non-hydrogen) atoms. The molecule has 138 valence electrons. The van der Waals surface area contributed by atoms with Gasteiger partial charge < -0.3 is 0 Å². The molecule has 0 spiro atoms. The van der Waals surface area contributed by atoms with Crippen molar-refractivity contribution in [2.45, 2.75) is 5.16 Å². The highest BCUT2D eigenvalue weighted by atomic mass is 35.5. The minimum Gasteiger partial charge on any atom is -0.293 e. The molecule has 0 aliphatic rings. The van der Waals surface area contributed by atoms with E-state index in [0.717, 1.165) is 22.0 Å². The molecule has 2 aromatic heterocycles. The normalized spacial score (nSPS) is 10.8. The molecule has 0 fully saturated rings. The first-order chi connectivity index (χ1) is 13.7. The Bertz CT molecular complexity index is 1100. The van der Waals surface area contributed by atoms with Crippen molar-refractivity contribution >= 4 is 40.5 Å². The van der Waals surface area contributed by atoms with Crippen LogP contribution in [0.4, 0.5) is 0 Å². The van der Waals surface area contributed by atoms with Gasteiger partial charge in [-0.15, -0.1) is 11.3 Å². The van der Waals surface area contributed by atoms with E-state index in [1.54, 1.807) is 41.8 Å². The molecule has 4 rings (SSSR count). The summed E-state index contributed by atoms with van der Waals surface area (Å²) >= 11 is 8.75. The Hall–Kier alpha value is -2.54. The van der Waals surface area contributed by atoms with Gasteiger partial charge in [0, 0.05) is 27.7 Å². The van der Waals surface area contributed by atoms with Crippen molar-refractivity contribution in [2.24, 2.45) is 0 Å². The Labute approximate surface area is 175 Å². The number of rotatable bonds is 6. The highest BCUT2D eigenvalue weighted by molar-refractivity contribution is 7.99. The van der Waals surface area contributed by atoms with Crippen LogP contribution in [0.5, 0.6) is 0 Å². The van der Waals surface area contributed by atoms with E-state index < -0.39 is 0 Å². The first-order valence-electron chi connectivity index (χ1n) is 8.45. The highest BCUT2D eigenvalue weighted by Crippen LogP contribution is 2.28. The van der Waals surface area contributed by atoms with Crippen LogP contribution in [-0.4, -0.2) is 26.5 Å². The number of carbonyl (C=O) groups excluding carboxylic acids is 1. The van der Waals surface area contributed by atoms with Crippen molar-refractivity contribution in [2.75, 3.05) is 5.75 Å². The third kappa shape index (κ3) is 4.47. The fourth-order valence-electron chi connectivity index (χ4n) is 2.51. The molecule has 0 bridgehead atoms. The topological polar surface area (TPSA) is 55.7 Å². The molecule has 0 saturated carbocycles. The number of Topliss-reactive ketones (excluding diaryl/α,β-unsaturated/α-hetero) is 1. The van der Waals surface area contributed by atoms with E-state index in [9.17, 15) is 4.79 Å². The minimum atomic E-state index is 0.00990. The molecule has 0 unspecified atom stereocenters. The average molecular weight is 424 g/mol. The molecule has 0 atom stereocenters. The molecule has 2 aromatic carbocycles. The molecular weight excluding hydrogens is 410 g/mol. The van der Waals surface area contributed by atoms with Crippen LogP contribution >= 0.6 is 34.7 Å². The Morgan fingerprint density at radius 1 is 0.964 bits per heavy atom. The van der Waals surface area contributed by atoms with E-state index in [0.29, 0.717) is 15.7 Å². The molecule has 0 saturated heterocycles. The van der Waals surface area contributed by atoms with Gasteiger partial charge in [-0.3, -0.25) is 4.79 Å². The van der Waals surface area contributed by atoms with Crippen LogP contribution in [0.1, 0.15) is 10.4 Å². The van der Waals surface area contributed by atoms with Gasteiger partial charge in [0.05, 0.1) is 11.4 Å². The molecule has 0 N–H and O–H groups in total. The quantitative estimate of drug-likeness (QED) is 0.219. The van der Waals surface area contributed by atoms with Gasteiger partial charge in [0.1, 0.15) is 10.7 Å². The number of carbonyl (C=O) groups is 1. The first kappa shape index (κ1) is 18.8. The summed E-state index contributed by atoms with van der Waals surface area (Å²) < 4.78 is 0. The fraction of sp³-hybridized carbons (Fsp3) is 0.0476. The largest absolute Gasteiger partial charge is 0.293 e. The van der Waals surface area contributed by atoms with Gasteiger partial charge in [0.2, 0.25) is 0 Å². The van der Waals surface area contributed by atoms with Crippen molar-refractivity contribution in [1.82, 2.24) is 15.0 Å². The second-order valence-corrected chi connectivity index (χ2v) is 8.08. The van der Waals surface area contributed by atoms with Gasteiger partial charge in [-0.2, -0.15) is 0 Å². The van der Waals surface area contributed by atoms with E-state index >= 15 is 0 Å². The van der Waals surface area contributed by atoms with Crippen LogP contribution in [-0.2, 0) is 0 Å². The maximum absolute atomic E-state index is 12.3. The van der Waals surface area contributed by atoms with Crippen LogP contribution in [0.2, 0.25) is 5.02 Å². The Morgan fingerprint density at radius 2 is 1.75 bits per heavy atom. The number of benzene rings is 2. The zero-order chi connectivity index (χ0) is 19.3. The number of thiazole rings is 1. The van der Waals surface area contributed by atoms with Crippen molar-refractivity contribution in [3.8, 4) is 22.0 Å². The lowest BCUT2D eigenvalue weighted by Gasteiger charge is -2.02. The van der Waals surface area contributed by atoms with Crippen LogP contribution < -0.4 is 0 Å². The maximum Gasteiger partial charge on any atom is 0.188 e. The van der Waals surface area contributed by atoms with E-state index in [4.69, 9.17) is 11.6 Å². The number of nitrogens with zero attached hydrogens (tertiary/aromatic N) is 3. The lowest BCUT2D eigenvalue weighted by Crippen LogP contribution is -2.03. The Morgan fingerprint density at radius 3 is 2.54 bits per heavy atom. The number of aromatic nitrogens is 3. The summed E-state index contributed by atoms with van der Waals surface area (Å²) in [6.45, 7) is 0. The van der Waals surface area contributed by atoms with Crippen LogP contribution in [0, 0.1) is 0 Å². The summed E-state index contributed by atoms with van der Waals surface area (Å²) in [7, 11) is 0. The van der Waals surface area contributed by atoms with Crippen LogP contribution in [0.3, 0.4) is 0 Å². The molecule has 4 aromatic rings. The van der Waals surface area contributed by atoms with Crippen molar-refractivity contribution in [1.29, 1.82) is 0 Å². The molecule has 2 heterocycles. The monoisotopic (exact) mass is 423 g/mol. The van der Waals surface area contributed by atoms with Crippen LogP contribution in [0.15, 0.2) is 77.4 Å². The summed E-state index contributed by atoms with van der Waals surface area (Å²) in [5.74, 6) is 0.271. The standard InChI is InChI=1S/C21H14ClN3OS2/c22-16-8-6-14(7-9-16)19(26)13-28-21-23-11-10-17(25-21)18-12-27-20(24-18)15-4-2-1-3-5-15/h1-12H,13H2. The number of ketones is 1. The number of hydrogen-bond acceptors (Lipinski definition) is 6. The summed E-state index contributed by atoms with van der Waals surface area (Å²) in [4.78, 5) is 25.8. The van der Waals surface area contributed by atoms with E-state index in [2.05, 4.69) is 15.0 Å². The van der Waals surface area contributed by atoms with E-state index in [1.165, 1.54) is 11.8 Å². The lowest BCUT2D eigenvalue weighted by molar-refractivity contribution is 0.102. The Balaban J connectivity index is 1.47. The maximum atomic E-state index is 12.3. The first-order valence-corrected chi connectivity index (χ1v) is 10.7. The van der Waals surface area contributed by atoms with Gasteiger partial charge in [-0.1, -0.05) is 53.7 Å². The highest BCUT2D eigenvalue weighted by Gasteiger charge is 2.11. The SMILES string of the molecule is O=C(CSc1nccc(-c2csc(-c3ccccc3)n2)n1)c1ccc(Cl)cc1. The third-order valence-corrected chi connectivity index (χ3v) is 5.92. The minimum absolute atomic E-state index is 0.00990. The predicted molar refractivity (Wildman–Crippen MR) is 115 cm³/mol. The second-order valence-electron chi connectivity index (χ2n) is 5.85. The predicted octanol–water partition coefficient (Wildman–Crippen LogP) is 5.90. The van der Waals surface area contributed by atoms with Crippen molar-refractivity contribution in [3.05, 3.63) is 82.8 Å². The number of halogens is 1. The zero-order valence-corrected chi connectivity index (χ0v) is 17.0. The van der Waals surface area contributed by atoms with Crippen LogP contribution in [0.25, 0.3) is 22.0 Å². The van der Waals surface area contributed by atoms with Gasteiger partial charge in [-0.25, -0.2) is 15.0 Å². The average Bonchev–Trinajstić information content (AvgIpc) is 3.24. The molecule has 0 amide bonds. The zero-order valence-electron chi connectivity index (χ0n) is 14.6. The molecule has 4 nitrogen and oxygen atoms in total. The fourth-order valence-corrected chi connectivity index (χ4v) is 4.18. The Kier molecular flexibility index (Phi) is 5.81. The van der Waals surface area contributed by atoms with E-state index in [1.807, 2.05) is 41.8 Å². The van der Waals surface area contributed by atoms with Gasteiger partial charge >= 0.3 is 0 Å². The molecular formula is C21H14ClN3OS2. The van der Waals surface area contributed by atoms with Gasteiger partial charge in [0.25, 0.3) is 0 Å². The summed E-state index contributed by atoms with van der Waals surface area (Å²) in [5, 5.41) is 4.09. The lowest BCUT2D eigenvalue weighted by atomic mass is 10.1. The number of hydrogen-bond donors (Lipinski definition) is 0. The number of thioether (sulfide) groups is 1. The summed E-state index contributed by atoms with van der Waals surface area (Å²) in [5.41, 5.74) is 3.25. The third-order valence-electron chi connectivity index (χ3n) is 3.92. The smallest absolute Gasteiger partial charge is 0.188 e. The molecule has 0 aliphatic heterocycles. The second kappa shape index (κ2) is 8.65. The summed E-state index contributed by atoms with van der Waals surface area (Å²) in [6, 6.07) is 18.7. The van der Waals surface area contributed by atoms with Gasteiger partial charge in [-0.05, 0) is 30.3 Å². The van der Waals surface area contributed by atoms with Gasteiger partial charge in [0.15, 0.2) is 10.9 Å². The molecule has 0 radical (unpaired) electrons.